The Labute approximate surface area is 198 Å². The summed E-state index contributed by atoms with van der Waals surface area (Å²) in [5, 5.41) is 14.4. The predicted molar refractivity (Wildman–Crippen MR) is 129 cm³/mol. The van der Waals surface area contributed by atoms with Gasteiger partial charge < -0.3 is 25.8 Å². The van der Waals surface area contributed by atoms with Gasteiger partial charge in [0.15, 0.2) is 5.83 Å². The van der Waals surface area contributed by atoms with Gasteiger partial charge >= 0.3 is 6.03 Å². The number of urea groups is 1. The van der Waals surface area contributed by atoms with Crippen molar-refractivity contribution in [2.75, 3.05) is 31.5 Å². The summed E-state index contributed by atoms with van der Waals surface area (Å²) < 4.78 is 14.5. The third-order valence-electron chi connectivity index (χ3n) is 5.79. The van der Waals surface area contributed by atoms with E-state index in [0.717, 1.165) is 36.0 Å². The third kappa shape index (κ3) is 4.81. The standard InChI is InChI=1S/C22H23ClFN7OS/c23-14-6-16-17(9-27-19(16)26-8-14)20-28-10-18(24)21(30-20)25-7-13-2-1-4-31(11-13)22(32)29-15-3-5-33-12-15/h3,5-6,8-9,12-13,25H,1-2,4,7,10-11H2,(H,26,27)(H,28,30)(H,29,32)/t13-/m1/s1. The van der Waals surface area contributed by atoms with Crippen LogP contribution in [0.1, 0.15) is 18.4 Å². The molecule has 0 unspecified atom stereocenters. The summed E-state index contributed by atoms with van der Waals surface area (Å²) in [5.41, 5.74) is 2.27. The van der Waals surface area contributed by atoms with E-state index >= 15 is 0 Å². The number of amidine groups is 1. The number of anilines is 1. The number of halogens is 2. The van der Waals surface area contributed by atoms with Crippen LogP contribution in [0.15, 0.2) is 51.9 Å². The van der Waals surface area contributed by atoms with E-state index in [1.54, 1.807) is 29.8 Å². The van der Waals surface area contributed by atoms with Crippen LogP contribution >= 0.6 is 22.9 Å². The Morgan fingerprint density at radius 2 is 2.33 bits per heavy atom. The molecule has 2 aliphatic rings. The van der Waals surface area contributed by atoms with E-state index in [-0.39, 0.29) is 24.3 Å². The van der Waals surface area contributed by atoms with Crippen molar-refractivity contribution in [2.24, 2.45) is 10.9 Å². The Morgan fingerprint density at radius 3 is 3.18 bits per heavy atom. The molecule has 3 aromatic heterocycles. The highest BCUT2D eigenvalue weighted by atomic mass is 35.5. The minimum absolute atomic E-state index is 0.0504. The number of rotatable bonds is 5. The first kappa shape index (κ1) is 21.7. The summed E-state index contributed by atoms with van der Waals surface area (Å²) in [4.78, 5) is 26.1. The van der Waals surface area contributed by atoms with Crippen molar-refractivity contribution in [1.29, 1.82) is 0 Å². The fourth-order valence-corrected chi connectivity index (χ4v) is 4.87. The number of nitrogens with zero attached hydrogens (tertiary/aromatic N) is 3. The Balaban J connectivity index is 1.20. The molecular weight excluding hydrogens is 465 g/mol. The zero-order valence-corrected chi connectivity index (χ0v) is 19.3. The molecule has 4 N–H and O–H groups in total. The van der Waals surface area contributed by atoms with Crippen LogP contribution in [0.2, 0.25) is 5.02 Å². The lowest BCUT2D eigenvalue weighted by Gasteiger charge is -2.33. The second-order valence-electron chi connectivity index (χ2n) is 8.10. The van der Waals surface area contributed by atoms with Crippen LogP contribution < -0.4 is 16.0 Å². The lowest BCUT2D eigenvalue weighted by molar-refractivity contribution is 0.177. The number of thiophene rings is 1. The largest absolute Gasteiger partial charge is 0.369 e. The molecule has 11 heteroatoms. The van der Waals surface area contributed by atoms with E-state index in [4.69, 9.17) is 11.6 Å². The van der Waals surface area contributed by atoms with Crippen LogP contribution in [0.4, 0.5) is 14.9 Å². The Kier molecular flexibility index (Phi) is 6.19. The van der Waals surface area contributed by atoms with Gasteiger partial charge in [0.05, 0.1) is 17.3 Å². The molecule has 5 heterocycles. The highest BCUT2D eigenvalue weighted by Crippen LogP contribution is 2.23. The van der Waals surface area contributed by atoms with E-state index in [9.17, 15) is 9.18 Å². The van der Waals surface area contributed by atoms with Gasteiger partial charge in [0.2, 0.25) is 0 Å². The van der Waals surface area contributed by atoms with Crippen LogP contribution in [-0.4, -0.2) is 52.9 Å². The number of aromatic nitrogens is 2. The third-order valence-corrected chi connectivity index (χ3v) is 6.68. The maximum atomic E-state index is 14.5. The number of nitrogens with one attached hydrogen (secondary N) is 4. The molecule has 0 bridgehead atoms. The maximum absolute atomic E-state index is 14.5. The van der Waals surface area contributed by atoms with Gasteiger partial charge in [-0.25, -0.2) is 14.2 Å². The molecule has 2 aliphatic heterocycles. The summed E-state index contributed by atoms with van der Waals surface area (Å²) in [7, 11) is 0. The Morgan fingerprint density at radius 1 is 1.42 bits per heavy atom. The summed E-state index contributed by atoms with van der Waals surface area (Å²) in [6, 6.07) is 3.59. The number of carbonyl (C=O) groups is 1. The summed E-state index contributed by atoms with van der Waals surface area (Å²) in [6.07, 6.45) is 5.23. The molecule has 1 atom stereocenters. The average molecular weight is 488 g/mol. The zero-order chi connectivity index (χ0) is 22.8. The van der Waals surface area contributed by atoms with Gasteiger partial charge in [0.25, 0.3) is 0 Å². The molecule has 0 radical (unpaired) electrons. The van der Waals surface area contributed by atoms with Gasteiger partial charge in [0.1, 0.15) is 17.3 Å². The van der Waals surface area contributed by atoms with E-state index < -0.39 is 0 Å². The Bertz CT molecular complexity index is 1220. The summed E-state index contributed by atoms with van der Waals surface area (Å²) >= 11 is 7.64. The fourth-order valence-electron chi connectivity index (χ4n) is 4.12. The quantitative estimate of drug-likeness (QED) is 0.431. The first-order valence-electron chi connectivity index (χ1n) is 10.7. The lowest BCUT2D eigenvalue weighted by atomic mass is 9.98. The highest BCUT2D eigenvalue weighted by molar-refractivity contribution is 7.08. The number of piperidine rings is 1. The van der Waals surface area contributed by atoms with Gasteiger partial charge in [-0.05, 0) is 36.3 Å². The van der Waals surface area contributed by atoms with E-state index in [1.807, 2.05) is 21.7 Å². The minimum Gasteiger partial charge on any atom is -0.369 e. The number of likely N-dealkylation sites (tertiary alicyclic amines) is 1. The van der Waals surface area contributed by atoms with Crippen molar-refractivity contribution in [1.82, 2.24) is 25.5 Å². The number of fused-ring (bicyclic) bond motifs is 1. The molecule has 8 nitrogen and oxygen atoms in total. The molecule has 0 aromatic carbocycles. The van der Waals surface area contributed by atoms with Gasteiger partial charge in [-0.15, -0.1) is 0 Å². The molecule has 5 rings (SSSR count). The van der Waals surface area contributed by atoms with Gasteiger partial charge in [0, 0.05) is 48.4 Å². The van der Waals surface area contributed by atoms with Crippen molar-refractivity contribution in [3.05, 3.63) is 57.5 Å². The van der Waals surface area contributed by atoms with Gasteiger partial charge in [-0.1, -0.05) is 11.6 Å². The fraction of sp³-hybridized carbons (Fsp3) is 0.318. The molecule has 3 aromatic rings. The van der Waals surface area contributed by atoms with E-state index in [2.05, 4.69) is 30.9 Å². The molecule has 2 amide bonds. The molecule has 0 saturated carbocycles. The lowest BCUT2D eigenvalue weighted by Crippen LogP contribution is -2.46. The molecule has 172 valence electrons. The second-order valence-corrected chi connectivity index (χ2v) is 9.32. The van der Waals surface area contributed by atoms with Crippen LogP contribution in [0.25, 0.3) is 11.0 Å². The number of carbonyl (C=O) groups excluding carboxylic acids is 1. The van der Waals surface area contributed by atoms with Crippen LogP contribution in [0.3, 0.4) is 0 Å². The number of H-pyrrole nitrogens is 1. The minimum atomic E-state index is -0.349. The molecule has 33 heavy (non-hydrogen) atoms. The average Bonchev–Trinajstić information content (AvgIpc) is 3.48. The van der Waals surface area contributed by atoms with Gasteiger partial charge in [-0.2, -0.15) is 11.3 Å². The molecular formula is C22H23ClFN7OS. The van der Waals surface area contributed by atoms with Crippen LogP contribution in [-0.2, 0) is 0 Å². The predicted octanol–water partition coefficient (Wildman–Crippen LogP) is 4.30. The van der Waals surface area contributed by atoms with Crippen molar-refractivity contribution in [3.8, 4) is 0 Å². The topological polar surface area (TPSA) is 97.4 Å². The molecule has 0 spiro atoms. The number of aliphatic imine (C=N–C) groups is 1. The molecule has 0 aliphatic carbocycles. The number of hydrogen-bond acceptors (Lipinski definition) is 6. The summed E-state index contributed by atoms with van der Waals surface area (Å²) in [5.74, 6) is 0.726. The molecule has 1 fully saturated rings. The highest BCUT2D eigenvalue weighted by Gasteiger charge is 2.25. The SMILES string of the molecule is O=C(Nc1ccsc1)N1CCC[C@H](CNC2=C(F)CN=C(c3c[nH]c4ncc(Cl)cc34)N2)C1. The smallest absolute Gasteiger partial charge is 0.321 e. The van der Waals surface area contributed by atoms with E-state index in [1.165, 1.54) is 0 Å². The van der Waals surface area contributed by atoms with Crippen molar-refractivity contribution in [3.63, 3.8) is 0 Å². The van der Waals surface area contributed by atoms with Crippen molar-refractivity contribution in [2.45, 2.75) is 12.8 Å². The summed E-state index contributed by atoms with van der Waals surface area (Å²) in [6.45, 7) is 1.83. The van der Waals surface area contributed by atoms with Crippen LogP contribution in [0, 0.1) is 5.92 Å². The maximum Gasteiger partial charge on any atom is 0.321 e. The first-order valence-corrected chi connectivity index (χ1v) is 12.0. The Hall–Kier alpha value is -3.11. The van der Waals surface area contributed by atoms with Gasteiger partial charge in [-0.3, -0.25) is 4.99 Å². The number of aromatic amines is 1. The first-order chi connectivity index (χ1) is 16.1. The number of amides is 2. The zero-order valence-electron chi connectivity index (χ0n) is 17.7. The number of pyridine rings is 1. The molecule has 1 saturated heterocycles. The van der Waals surface area contributed by atoms with Crippen LogP contribution in [0.5, 0.6) is 0 Å². The van der Waals surface area contributed by atoms with Crippen molar-refractivity contribution >= 4 is 51.5 Å². The van der Waals surface area contributed by atoms with Crippen molar-refractivity contribution < 1.29 is 9.18 Å². The monoisotopic (exact) mass is 487 g/mol. The number of hydrogen-bond donors (Lipinski definition) is 4. The normalized spacial score (nSPS) is 18.8. The van der Waals surface area contributed by atoms with E-state index in [0.29, 0.717) is 35.4 Å². The second kappa shape index (κ2) is 9.40.